The van der Waals surface area contributed by atoms with Crippen molar-refractivity contribution in [3.8, 4) is 17.6 Å². The molecule has 1 heterocycles. The monoisotopic (exact) mass is 603 g/mol. The van der Waals surface area contributed by atoms with Crippen LogP contribution < -0.4 is 15.0 Å². The third kappa shape index (κ3) is 6.02. The predicted octanol–water partition coefficient (Wildman–Crippen LogP) is 6.10. The van der Waals surface area contributed by atoms with Crippen molar-refractivity contribution >= 4 is 38.7 Å². The Labute approximate surface area is 238 Å². The second kappa shape index (κ2) is 11.7. The maximum atomic E-state index is 13.5. The van der Waals surface area contributed by atoms with E-state index in [1.54, 1.807) is 49.4 Å². The lowest BCUT2D eigenvalue weighted by molar-refractivity contribution is -0.386. The van der Waals surface area contributed by atoms with Crippen LogP contribution in [0.3, 0.4) is 0 Å². The van der Waals surface area contributed by atoms with Gasteiger partial charge in [0.2, 0.25) is 5.75 Å². The molecule has 3 aromatic carbocycles. The lowest BCUT2D eigenvalue weighted by atomic mass is 9.95. The van der Waals surface area contributed by atoms with Crippen LogP contribution in [0.4, 0.5) is 5.69 Å². The minimum absolute atomic E-state index is 0.0680. The molecule has 0 N–H and O–H groups in total. The number of nitro benzene ring substituents is 1. The van der Waals surface area contributed by atoms with Gasteiger partial charge in [0.1, 0.15) is 12.4 Å². The zero-order valence-corrected chi connectivity index (χ0v) is 23.9. The first-order valence-corrected chi connectivity index (χ1v) is 13.2. The fraction of sp³-hybridized carbons (Fsp3) is 0.241. The molecule has 0 aliphatic heterocycles. The number of halogens is 1. The van der Waals surface area contributed by atoms with Gasteiger partial charge in [0.15, 0.2) is 5.75 Å². The summed E-state index contributed by atoms with van der Waals surface area (Å²) in [5.41, 5.74) is 0.602. The van der Waals surface area contributed by atoms with Crippen molar-refractivity contribution in [2.75, 3.05) is 6.61 Å². The number of nitriles is 1. The molecule has 0 fully saturated rings. The van der Waals surface area contributed by atoms with Crippen molar-refractivity contribution in [2.45, 2.75) is 39.7 Å². The van der Waals surface area contributed by atoms with Gasteiger partial charge in [-0.2, -0.15) is 15.0 Å². The molecule has 11 heteroatoms. The molecular weight excluding hydrogens is 578 g/mol. The van der Waals surface area contributed by atoms with Crippen molar-refractivity contribution in [3.63, 3.8) is 0 Å². The van der Waals surface area contributed by atoms with Crippen LogP contribution in [0.5, 0.6) is 11.5 Å². The molecule has 0 unspecified atom stereocenters. The third-order valence-corrected chi connectivity index (χ3v) is 6.36. The van der Waals surface area contributed by atoms with Crippen LogP contribution in [0, 0.1) is 21.4 Å². The summed E-state index contributed by atoms with van der Waals surface area (Å²) in [7, 11) is 0. The Balaban J connectivity index is 1.81. The molecule has 40 heavy (non-hydrogen) atoms. The molecule has 0 aliphatic rings. The maximum Gasteiger partial charge on any atom is 0.315 e. The van der Waals surface area contributed by atoms with Crippen molar-refractivity contribution in [2.24, 2.45) is 5.10 Å². The van der Waals surface area contributed by atoms with Crippen LogP contribution in [0.25, 0.3) is 10.9 Å². The van der Waals surface area contributed by atoms with E-state index >= 15 is 0 Å². The van der Waals surface area contributed by atoms with E-state index in [9.17, 15) is 20.2 Å². The largest absolute Gasteiger partial charge is 0.490 e. The van der Waals surface area contributed by atoms with Crippen molar-refractivity contribution in [1.82, 2.24) is 9.66 Å². The second-order valence-corrected chi connectivity index (χ2v) is 10.7. The minimum Gasteiger partial charge on any atom is -0.490 e. The van der Waals surface area contributed by atoms with E-state index in [0.717, 1.165) is 4.47 Å². The summed E-state index contributed by atoms with van der Waals surface area (Å²) in [6, 6.07) is 17.0. The van der Waals surface area contributed by atoms with Gasteiger partial charge in [-0.25, -0.2) is 4.98 Å². The standard InChI is InChI=1S/C29H26BrN5O5/c1-5-39-25-13-18(12-24(35(37)38)26(25)40-17-20-9-7-6-8-19(20)15-31)16-32-34-27(36)22-14-21(30)10-11-23(22)33-28(34)29(2,3)4/h6-14,16H,5,17H2,1-4H3. The average Bonchev–Trinajstić information content (AvgIpc) is 2.91. The number of nitro groups is 1. The number of fused-ring (bicyclic) bond motifs is 1. The Kier molecular flexibility index (Phi) is 8.30. The van der Waals surface area contributed by atoms with Gasteiger partial charge < -0.3 is 9.47 Å². The normalized spacial score (nSPS) is 11.5. The molecular formula is C29H26BrN5O5. The summed E-state index contributed by atoms with van der Waals surface area (Å²) in [6.07, 6.45) is 1.35. The van der Waals surface area contributed by atoms with E-state index in [2.05, 4.69) is 32.1 Å². The Bertz CT molecular complexity index is 1730. The molecule has 0 amide bonds. The van der Waals surface area contributed by atoms with Crippen LogP contribution in [-0.4, -0.2) is 27.4 Å². The molecule has 0 radical (unpaired) electrons. The predicted molar refractivity (Wildman–Crippen MR) is 155 cm³/mol. The smallest absolute Gasteiger partial charge is 0.315 e. The van der Waals surface area contributed by atoms with Gasteiger partial charge in [-0.3, -0.25) is 14.9 Å². The fourth-order valence-electron chi connectivity index (χ4n) is 4.00. The summed E-state index contributed by atoms with van der Waals surface area (Å²) in [5, 5.41) is 26.2. The van der Waals surface area contributed by atoms with Crippen LogP contribution in [-0.2, 0) is 12.0 Å². The number of rotatable bonds is 8. The molecule has 0 saturated carbocycles. The van der Waals surface area contributed by atoms with Gasteiger partial charge in [0.25, 0.3) is 5.56 Å². The van der Waals surface area contributed by atoms with Crippen molar-refractivity contribution < 1.29 is 14.4 Å². The lowest BCUT2D eigenvalue weighted by Crippen LogP contribution is -2.29. The molecule has 1 aromatic heterocycles. The Morgan fingerprint density at radius 2 is 1.93 bits per heavy atom. The molecule has 4 aromatic rings. The molecule has 204 valence electrons. The van der Waals surface area contributed by atoms with Crippen LogP contribution in [0.2, 0.25) is 0 Å². The zero-order valence-electron chi connectivity index (χ0n) is 22.3. The van der Waals surface area contributed by atoms with E-state index in [1.165, 1.54) is 17.0 Å². The quantitative estimate of drug-likeness (QED) is 0.135. The number of hydrogen-bond donors (Lipinski definition) is 0. The van der Waals surface area contributed by atoms with Gasteiger partial charge in [-0.05, 0) is 37.3 Å². The third-order valence-electron chi connectivity index (χ3n) is 5.87. The summed E-state index contributed by atoms with van der Waals surface area (Å²) >= 11 is 3.39. The highest BCUT2D eigenvalue weighted by atomic mass is 79.9. The number of hydrogen-bond acceptors (Lipinski definition) is 8. The molecule has 0 aliphatic carbocycles. The first kappa shape index (κ1) is 28.4. The van der Waals surface area contributed by atoms with E-state index in [0.29, 0.717) is 33.4 Å². The number of aromatic nitrogens is 2. The SMILES string of the molecule is CCOc1cc(C=Nn2c(C(C)(C)C)nc3ccc(Br)cc3c2=O)cc([N+](=O)[O-])c1OCc1ccccc1C#N. The van der Waals surface area contributed by atoms with Crippen LogP contribution in [0.15, 0.2) is 69.0 Å². The van der Waals surface area contributed by atoms with Crippen LogP contribution in [0.1, 0.15) is 50.2 Å². The molecule has 0 bridgehead atoms. The van der Waals surface area contributed by atoms with Gasteiger partial charge >= 0.3 is 5.69 Å². The molecule has 10 nitrogen and oxygen atoms in total. The summed E-state index contributed by atoms with van der Waals surface area (Å²) in [5.74, 6) is 0.497. The lowest BCUT2D eigenvalue weighted by Gasteiger charge is -2.21. The Morgan fingerprint density at radius 3 is 2.60 bits per heavy atom. The summed E-state index contributed by atoms with van der Waals surface area (Å²) in [4.78, 5) is 29.6. The summed E-state index contributed by atoms with van der Waals surface area (Å²) < 4.78 is 13.5. The van der Waals surface area contributed by atoms with Gasteiger partial charge in [0, 0.05) is 27.1 Å². The Hall–Kier alpha value is -4.56. The zero-order chi connectivity index (χ0) is 29.0. The number of nitrogens with zero attached hydrogens (tertiary/aromatic N) is 5. The van der Waals surface area contributed by atoms with E-state index in [4.69, 9.17) is 9.47 Å². The van der Waals surface area contributed by atoms with E-state index < -0.39 is 10.3 Å². The fourth-order valence-corrected chi connectivity index (χ4v) is 4.36. The van der Waals surface area contributed by atoms with E-state index in [1.807, 2.05) is 26.8 Å². The Morgan fingerprint density at radius 1 is 1.18 bits per heavy atom. The minimum atomic E-state index is -0.576. The molecule has 4 rings (SSSR count). The highest BCUT2D eigenvalue weighted by Gasteiger charge is 2.25. The topological polar surface area (TPSA) is 133 Å². The molecule has 0 atom stereocenters. The van der Waals surface area contributed by atoms with Crippen molar-refractivity contribution in [1.29, 1.82) is 5.26 Å². The summed E-state index contributed by atoms with van der Waals surface area (Å²) in [6.45, 7) is 7.65. The maximum absolute atomic E-state index is 13.5. The van der Waals surface area contributed by atoms with Gasteiger partial charge in [-0.1, -0.05) is 54.9 Å². The average molecular weight is 604 g/mol. The highest BCUT2D eigenvalue weighted by Crippen LogP contribution is 2.39. The highest BCUT2D eigenvalue weighted by molar-refractivity contribution is 9.10. The second-order valence-electron chi connectivity index (χ2n) is 9.82. The number of ether oxygens (including phenoxy) is 2. The van der Waals surface area contributed by atoms with Crippen LogP contribution >= 0.6 is 15.9 Å². The first-order chi connectivity index (χ1) is 19.0. The molecule has 0 spiro atoms. The number of benzene rings is 3. The van der Waals surface area contributed by atoms with E-state index in [-0.39, 0.29) is 36.0 Å². The first-order valence-electron chi connectivity index (χ1n) is 12.4. The molecule has 0 saturated heterocycles. The van der Waals surface area contributed by atoms with Crippen molar-refractivity contribution in [3.05, 3.63) is 102 Å². The van der Waals surface area contributed by atoms with Gasteiger partial charge in [0.05, 0.1) is 40.3 Å². The van der Waals surface area contributed by atoms with Gasteiger partial charge in [-0.15, -0.1) is 0 Å².